The van der Waals surface area contributed by atoms with Crippen molar-refractivity contribution in [2.75, 3.05) is 19.7 Å². The number of nitrogens with zero attached hydrogens (tertiary/aromatic N) is 4. The van der Waals surface area contributed by atoms with Gasteiger partial charge < -0.3 is 4.74 Å². The molecule has 6 heteroatoms. The highest BCUT2D eigenvalue weighted by Gasteiger charge is 2.20. The summed E-state index contributed by atoms with van der Waals surface area (Å²) in [7, 11) is 0. The summed E-state index contributed by atoms with van der Waals surface area (Å²) in [4.78, 5) is 10.7. The van der Waals surface area contributed by atoms with Gasteiger partial charge in [-0.2, -0.15) is 5.26 Å². The zero-order valence-corrected chi connectivity index (χ0v) is 14.9. The summed E-state index contributed by atoms with van der Waals surface area (Å²) in [5.74, 6) is 0.550. The number of likely N-dealkylation sites (tertiary alicyclic amines) is 1. The van der Waals surface area contributed by atoms with Gasteiger partial charge >= 0.3 is 6.01 Å². The highest BCUT2D eigenvalue weighted by atomic mass is 79.9. The highest BCUT2D eigenvalue weighted by Crippen LogP contribution is 2.20. The number of hydrogen-bond acceptors (Lipinski definition) is 5. The fourth-order valence-corrected chi connectivity index (χ4v) is 3.03. The van der Waals surface area contributed by atoms with Gasteiger partial charge in [-0.15, -0.1) is 0 Å². The third-order valence-corrected chi connectivity index (χ3v) is 4.65. The lowest BCUT2D eigenvalue weighted by atomic mass is 9.97. The Bertz CT molecular complexity index is 688. The SMILES string of the molecule is N#Cc1ccc(CN2CCC(COc3ncc(Br)cn3)CC2)cc1. The van der Waals surface area contributed by atoms with Crippen LogP contribution >= 0.6 is 15.9 Å². The van der Waals surface area contributed by atoms with Crippen LogP contribution in [0.25, 0.3) is 0 Å². The third-order valence-electron chi connectivity index (χ3n) is 4.24. The second-order valence-corrected chi connectivity index (χ2v) is 6.94. The number of ether oxygens (including phenoxy) is 1. The van der Waals surface area contributed by atoms with Crippen LogP contribution in [0.4, 0.5) is 0 Å². The van der Waals surface area contributed by atoms with E-state index in [9.17, 15) is 0 Å². The largest absolute Gasteiger partial charge is 0.463 e. The van der Waals surface area contributed by atoms with E-state index < -0.39 is 0 Å². The van der Waals surface area contributed by atoms with Crippen LogP contribution in [-0.4, -0.2) is 34.6 Å². The van der Waals surface area contributed by atoms with Crippen LogP contribution < -0.4 is 4.74 Å². The monoisotopic (exact) mass is 386 g/mol. The van der Waals surface area contributed by atoms with E-state index in [2.05, 4.69) is 36.9 Å². The molecule has 0 radical (unpaired) electrons. The number of nitriles is 1. The average molecular weight is 387 g/mol. The molecule has 1 aromatic carbocycles. The Morgan fingerprint density at radius 3 is 2.46 bits per heavy atom. The summed E-state index contributed by atoms with van der Waals surface area (Å²) in [6.45, 7) is 3.74. The minimum absolute atomic E-state index is 0.443. The highest BCUT2D eigenvalue weighted by molar-refractivity contribution is 9.10. The zero-order valence-electron chi connectivity index (χ0n) is 13.4. The summed E-state index contributed by atoms with van der Waals surface area (Å²) in [6.07, 6.45) is 5.63. The number of hydrogen-bond donors (Lipinski definition) is 0. The molecule has 0 atom stereocenters. The smallest absolute Gasteiger partial charge is 0.316 e. The molecule has 1 aromatic heterocycles. The normalized spacial score (nSPS) is 15.8. The maximum atomic E-state index is 8.84. The van der Waals surface area contributed by atoms with E-state index in [1.165, 1.54) is 5.56 Å². The molecule has 0 spiro atoms. The average Bonchev–Trinajstić information content (AvgIpc) is 2.63. The predicted octanol–water partition coefficient (Wildman–Crippen LogP) is 3.40. The van der Waals surface area contributed by atoms with Gasteiger partial charge in [0.2, 0.25) is 0 Å². The van der Waals surface area contributed by atoms with Crippen LogP contribution in [0, 0.1) is 17.2 Å². The topological polar surface area (TPSA) is 62.0 Å². The van der Waals surface area contributed by atoms with Gasteiger partial charge in [0.25, 0.3) is 0 Å². The van der Waals surface area contributed by atoms with Crippen molar-refractivity contribution in [2.45, 2.75) is 19.4 Å². The van der Waals surface area contributed by atoms with Gasteiger partial charge in [0.05, 0.1) is 22.7 Å². The number of aromatic nitrogens is 2. The first-order chi connectivity index (χ1) is 11.7. The summed E-state index contributed by atoms with van der Waals surface area (Å²) in [5, 5.41) is 8.84. The standard InChI is InChI=1S/C18H19BrN4O/c19-17-10-21-18(22-11-17)24-13-16-5-7-23(8-6-16)12-15-3-1-14(9-20)2-4-15/h1-4,10-11,16H,5-8,12-13H2. The minimum atomic E-state index is 0.443. The Labute approximate surface area is 150 Å². The minimum Gasteiger partial charge on any atom is -0.463 e. The lowest BCUT2D eigenvalue weighted by Gasteiger charge is -2.31. The van der Waals surface area contributed by atoms with Crippen LogP contribution in [0.5, 0.6) is 6.01 Å². The van der Waals surface area contributed by atoms with E-state index in [0.29, 0.717) is 24.1 Å². The molecule has 1 aliphatic rings. The molecule has 5 nitrogen and oxygen atoms in total. The summed E-state index contributed by atoms with van der Waals surface area (Å²) >= 11 is 3.31. The van der Waals surface area contributed by atoms with Gasteiger partial charge in [-0.1, -0.05) is 12.1 Å². The Morgan fingerprint density at radius 2 is 1.83 bits per heavy atom. The van der Waals surface area contributed by atoms with Crippen molar-refractivity contribution in [3.63, 3.8) is 0 Å². The van der Waals surface area contributed by atoms with E-state index in [-0.39, 0.29) is 0 Å². The molecule has 24 heavy (non-hydrogen) atoms. The summed E-state index contributed by atoms with van der Waals surface area (Å²) in [6, 6.07) is 10.4. The first-order valence-corrected chi connectivity index (χ1v) is 8.84. The van der Waals surface area contributed by atoms with E-state index in [1.54, 1.807) is 12.4 Å². The Kier molecular flexibility index (Phi) is 5.78. The van der Waals surface area contributed by atoms with Crippen molar-refractivity contribution < 1.29 is 4.74 Å². The summed E-state index contributed by atoms with van der Waals surface area (Å²) < 4.78 is 6.54. The molecule has 3 rings (SSSR count). The first-order valence-electron chi connectivity index (χ1n) is 8.04. The molecule has 0 unspecified atom stereocenters. The maximum Gasteiger partial charge on any atom is 0.316 e. The van der Waals surface area contributed by atoms with Gasteiger partial charge in [-0.3, -0.25) is 4.90 Å². The fourth-order valence-electron chi connectivity index (χ4n) is 2.82. The van der Waals surface area contributed by atoms with Crippen molar-refractivity contribution in [1.29, 1.82) is 5.26 Å². The van der Waals surface area contributed by atoms with Gasteiger partial charge in [-0.25, -0.2) is 9.97 Å². The van der Waals surface area contributed by atoms with Crippen molar-refractivity contribution in [1.82, 2.24) is 14.9 Å². The molecule has 1 fully saturated rings. The fraction of sp³-hybridized carbons (Fsp3) is 0.389. The van der Waals surface area contributed by atoms with E-state index in [0.717, 1.165) is 36.9 Å². The lowest BCUT2D eigenvalue weighted by molar-refractivity contribution is 0.132. The molecule has 0 amide bonds. The van der Waals surface area contributed by atoms with Crippen LogP contribution in [0.2, 0.25) is 0 Å². The van der Waals surface area contributed by atoms with Crippen molar-refractivity contribution >= 4 is 15.9 Å². The first kappa shape index (κ1) is 16.9. The summed E-state index contributed by atoms with van der Waals surface area (Å²) in [5.41, 5.74) is 1.97. The number of benzene rings is 1. The second-order valence-electron chi connectivity index (χ2n) is 6.02. The molecular weight excluding hydrogens is 368 g/mol. The molecule has 1 aliphatic heterocycles. The van der Waals surface area contributed by atoms with Crippen LogP contribution in [-0.2, 0) is 6.54 Å². The van der Waals surface area contributed by atoms with Gasteiger partial charge in [0.15, 0.2) is 0 Å². The van der Waals surface area contributed by atoms with E-state index >= 15 is 0 Å². The Morgan fingerprint density at radius 1 is 1.17 bits per heavy atom. The predicted molar refractivity (Wildman–Crippen MR) is 94.4 cm³/mol. The van der Waals surface area contributed by atoms with Crippen molar-refractivity contribution in [3.8, 4) is 12.1 Å². The van der Waals surface area contributed by atoms with Crippen molar-refractivity contribution in [2.24, 2.45) is 5.92 Å². The molecule has 2 heterocycles. The maximum absolute atomic E-state index is 8.84. The van der Waals surface area contributed by atoms with Crippen LogP contribution in [0.15, 0.2) is 41.1 Å². The van der Waals surface area contributed by atoms with Gasteiger partial charge in [-0.05, 0) is 65.5 Å². The van der Waals surface area contributed by atoms with Gasteiger partial charge in [0.1, 0.15) is 0 Å². The molecule has 0 saturated carbocycles. The third kappa shape index (κ3) is 4.76. The molecule has 0 N–H and O–H groups in total. The molecule has 0 bridgehead atoms. The zero-order chi connectivity index (χ0) is 16.8. The molecular formula is C18H19BrN4O. The van der Waals surface area contributed by atoms with E-state index in [1.807, 2.05) is 24.3 Å². The quantitative estimate of drug-likeness (QED) is 0.787. The van der Waals surface area contributed by atoms with E-state index in [4.69, 9.17) is 10.00 Å². The Hall–Kier alpha value is -1.97. The van der Waals surface area contributed by atoms with Crippen LogP contribution in [0.1, 0.15) is 24.0 Å². The van der Waals surface area contributed by atoms with Crippen molar-refractivity contribution in [3.05, 3.63) is 52.3 Å². The molecule has 124 valence electrons. The number of piperidine rings is 1. The lowest BCUT2D eigenvalue weighted by Crippen LogP contribution is -2.35. The molecule has 0 aliphatic carbocycles. The van der Waals surface area contributed by atoms with Crippen LogP contribution in [0.3, 0.4) is 0 Å². The second kappa shape index (κ2) is 8.22. The Balaban J connectivity index is 1.42. The number of rotatable bonds is 5. The molecule has 1 saturated heterocycles. The van der Waals surface area contributed by atoms with Gasteiger partial charge in [0, 0.05) is 18.9 Å². The number of halogens is 1. The molecule has 2 aromatic rings.